The molecule has 6 heteroatoms. The van der Waals surface area contributed by atoms with Crippen LogP contribution in [0.25, 0.3) is 0 Å². The van der Waals surface area contributed by atoms with Gasteiger partial charge >= 0.3 is 0 Å². The van der Waals surface area contributed by atoms with Crippen LogP contribution in [0.5, 0.6) is 17.2 Å². The number of hydrogen-bond acceptors (Lipinski definition) is 5. The standard InChI is InChI=1S/C23H30N2O4/c1-3-29-22-13-21(28-2)10-9-18(22)14-24-15-23(27)25-11-5-7-19(16-25)17-6-4-8-20(26)12-17/h4,6,8-10,12-13,19,24,26H,3,5,7,11,14-16H2,1-2H3. The van der Waals surface area contributed by atoms with Crippen LogP contribution in [0.2, 0.25) is 0 Å². The number of methoxy groups -OCH3 is 1. The number of phenols is 1. The number of phenolic OH excluding ortho intramolecular Hbond substituents is 1. The molecule has 1 saturated heterocycles. The molecule has 2 aromatic carbocycles. The van der Waals surface area contributed by atoms with Crippen LogP contribution in [0.15, 0.2) is 42.5 Å². The van der Waals surface area contributed by atoms with Gasteiger partial charge in [0.25, 0.3) is 0 Å². The number of ether oxygens (including phenoxy) is 2. The van der Waals surface area contributed by atoms with Crippen molar-refractivity contribution in [3.8, 4) is 17.2 Å². The number of rotatable bonds is 8. The van der Waals surface area contributed by atoms with Crippen molar-refractivity contribution in [1.29, 1.82) is 0 Å². The molecule has 2 aromatic rings. The summed E-state index contributed by atoms with van der Waals surface area (Å²) in [5.41, 5.74) is 2.09. The number of likely N-dealkylation sites (tertiary alicyclic amines) is 1. The average molecular weight is 399 g/mol. The molecular weight excluding hydrogens is 368 g/mol. The molecule has 1 fully saturated rings. The second kappa shape index (κ2) is 10.2. The van der Waals surface area contributed by atoms with Crippen molar-refractivity contribution in [1.82, 2.24) is 10.2 Å². The third-order valence-electron chi connectivity index (χ3n) is 5.28. The topological polar surface area (TPSA) is 71.0 Å². The molecule has 156 valence electrons. The van der Waals surface area contributed by atoms with E-state index in [4.69, 9.17) is 9.47 Å². The van der Waals surface area contributed by atoms with Gasteiger partial charge in [0.1, 0.15) is 17.2 Å². The fourth-order valence-corrected chi connectivity index (χ4v) is 3.77. The van der Waals surface area contributed by atoms with Crippen molar-refractivity contribution < 1.29 is 19.4 Å². The third-order valence-corrected chi connectivity index (χ3v) is 5.28. The number of nitrogens with one attached hydrogen (secondary N) is 1. The minimum atomic E-state index is 0.0984. The lowest BCUT2D eigenvalue weighted by Crippen LogP contribution is -2.43. The fourth-order valence-electron chi connectivity index (χ4n) is 3.77. The van der Waals surface area contributed by atoms with Gasteiger partial charge in [-0.25, -0.2) is 0 Å². The monoisotopic (exact) mass is 398 g/mol. The summed E-state index contributed by atoms with van der Waals surface area (Å²) in [7, 11) is 1.63. The minimum absolute atomic E-state index is 0.0984. The molecule has 1 atom stereocenters. The van der Waals surface area contributed by atoms with Crippen LogP contribution in [0.1, 0.15) is 36.8 Å². The molecule has 2 N–H and O–H groups in total. The van der Waals surface area contributed by atoms with Crippen molar-refractivity contribution in [3.05, 3.63) is 53.6 Å². The lowest BCUT2D eigenvalue weighted by atomic mass is 9.90. The summed E-state index contributed by atoms with van der Waals surface area (Å²) >= 11 is 0. The highest BCUT2D eigenvalue weighted by Gasteiger charge is 2.24. The average Bonchev–Trinajstić information content (AvgIpc) is 2.75. The molecule has 29 heavy (non-hydrogen) atoms. The smallest absolute Gasteiger partial charge is 0.236 e. The maximum atomic E-state index is 12.7. The Morgan fingerprint density at radius 3 is 2.90 bits per heavy atom. The normalized spacial score (nSPS) is 16.5. The largest absolute Gasteiger partial charge is 0.508 e. The Bertz CT molecular complexity index is 824. The lowest BCUT2D eigenvalue weighted by Gasteiger charge is -2.33. The maximum Gasteiger partial charge on any atom is 0.236 e. The zero-order valence-electron chi connectivity index (χ0n) is 17.2. The molecular formula is C23H30N2O4. The Hall–Kier alpha value is -2.73. The van der Waals surface area contributed by atoms with Crippen LogP contribution in [0.4, 0.5) is 0 Å². The van der Waals surface area contributed by atoms with E-state index in [2.05, 4.69) is 5.32 Å². The Labute approximate surface area is 172 Å². The number of carbonyl (C=O) groups is 1. The molecule has 1 aliphatic heterocycles. The summed E-state index contributed by atoms with van der Waals surface area (Å²) in [4.78, 5) is 14.6. The van der Waals surface area contributed by atoms with Crippen molar-refractivity contribution in [2.45, 2.75) is 32.2 Å². The lowest BCUT2D eigenvalue weighted by molar-refractivity contribution is -0.131. The van der Waals surface area contributed by atoms with E-state index < -0.39 is 0 Å². The predicted octanol–water partition coefficient (Wildman–Crippen LogP) is 3.30. The quantitative estimate of drug-likeness (QED) is 0.714. The molecule has 0 aromatic heterocycles. The van der Waals surface area contributed by atoms with Gasteiger partial charge in [-0.05, 0) is 43.5 Å². The number of nitrogens with zero attached hydrogens (tertiary/aromatic N) is 1. The molecule has 6 nitrogen and oxygen atoms in total. The summed E-state index contributed by atoms with van der Waals surface area (Å²) in [5.74, 6) is 2.16. The molecule has 1 amide bonds. The maximum absolute atomic E-state index is 12.7. The number of piperidine rings is 1. The van der Waals surface area contributed by atoms with E-state index in [0.717, 1.165) is 42.0 Å². The van der Waals surface area contributed by atoms with Crippen molar-refractivity contribution in [3.63, 3.8) is 0 Å². The molecule has 0 aliphatic carbocycles. The summed E-state index contributed by atoms with van der Waals surface area (Å²) < 4.78 is 10.9. The van der Waals surface area contributed by atoms with Gasteiger partial charge in [0.2, 0.25) is 5.91 Å². The van der Waals surface area contributed by atoms with Crippen molar-refractivity contribution in [2.75, 3.05) is 33.4 Å². The van der Waals surface area contributed by atoms with E-state index in [0.29, 0.717) is 19.7 Å². The summed E-state index contributed by atoms with van der Waals surface area (Å²) in [6.45, 7) is 4.82. The molecule has 1 aliphatic rings. The molecule has 1 unspecified atom stereocenters. The second-order valence-electron chi connectivity index (χ2n) is 7.28. The summed E-state index contributed by atoms with van der Waals surface area (Å²) in [5, 5.41) is 13.0. The van der Waals surface area contributed by atoms with Gasteiger partial charge in [-0.2, -0.15) is 0 Å². The van der Waals surface area contributed by atoms with Gasteiger partial charge in [-0.3, -0.25) is 4.79 Å². The Kier molecular flexibility index (Phi) is 7.36. The van der Waals surface area contributed by atoms with E-state index in [-0.39, 0.29) is 24.1 Å². The Balaban J connectivity index is 1.54. The molecule has 3 rings (SSSR count). The third kappa shape index (κ3) is 5.64. The highest BCUT2D eigenvalue weighted by Crippen LogP contribution is 2.29. The van der Waals surface area contributed by atoms with E-state index in [1.54, 1.807) is 19.2 Å². The zero-order chi connectivity index (χ0) is 20.6. The van der Waals surface area contributed by atoms with Crippen molar-refractivity contribution in [2.24, 2.45) is 0 Å². The molecule has 1 heterocycles. The number of amides is 1. The number of aromatic hydroxyl groups is 1. The fraction of sp³-hybridized carbons (Fsp3) is 0.435. The predicted molar refractivity (Wildman–Crippen MR) is 113 cm³/mol. The van der Waals surface area contributed by atoms with E-state index in [9.17, 15) is 9.90 Å². The van der Waals surface area contributed by atoms with E-state index in [1.165, 1.54) is 0 Å². The van der Waals surface area contributed by atoms with Crippen LogP contribution in [-0.4, -0.2) is 49.3 Å². The van der Waals surface area contributed by atoms with Crippen LogP contribution in [-0.2, 0) is 11.3 Å². The number of benzene rings is 2. The van der Waals surface area contributed by atoms with Crippen LogP contribution < -0.4 is 14.8 Å². The van der Waals surface area contributed by atoms with Gasteiger partial charge in [0, 0.05) is 37.2 Å². The van der Waals surface area contributed by atoms with Gasteiger partial charge in [-0.1, -0.05) is 18.2 Å². The van der Waals surface area contributed by atoms with Gasteiger partial charge < -0.3 is 24.8 Å². The van der Waals surface area contributed by atoms with Crippen LogP contribution in [0, 0.1) is 0 Å². The summed E-state index contributed by atoms with van der Waals surface area (Å²) in [6, 6.07) is 13.1. The first kappa shape index (κ1) is 21.0. The highest BCUT2D eigenvalue weighted by molar-refractivity contribution is 5.78. The summed E-state index contributed by atoms with van der Waals surface area (Å²) in [6.07, 6.45) is 2.00. The first-order valence-corrected chi connectivity index (χ1v) is 10.2. The van der Waals surface area contributed by atoms with Crippen LogP contribution >= 0.6 is 0 Å². The first-order valence-electron chi connectivity index (χ1n) is 10.2. The molecule has 0 radical (unpaired) electrons. The van der Waals surface area contributed by atoms with E-state index >= 15 is 0 Å². The Morgan fingerprint density at radius 1 is 1.28 bits per heavy atom. The van der Waals surface area contributed by atoms with Crippen LogP contribution in [0.3, 0.4) is 0 Å². The van der Waals surface area contributed by atoms with Gasteiger partial charge in [0.15, 0.2) is 0 Å². The molecule has 0 bridgehead atoms. The highest BCUT2D eigenvalue weighted by atomic mass is 16.5. The van der Waals surface area contributed by atoms with Gasteiger partial charge in [-0.15, -0.1) is 0 Å². The SMILES string of the molecule is CCOc1cc(OC)ccc1CNCC(=O)N1CCCC(c2cccc(O)c2)C1. The second-order valence-corrected chi connectivity index (χ2v) is 7.28. The van der Waals surface area contributed by atoms with Gasteiger partial charge in [0.05, 0.1) is 20.3 Å². The minimum Gasteiger partial charge on any atom is -0.508 e. The first-order chi connectivity index (χ1) is 14.1. The zero-order valence-corrected chi connectivity index (χ0v) is 17.2. The number of carbonyl (C=O) groups excluding carboxylic acids is 1. The molecule has 0 saturated carbocycles. The number of hydrogen-bond donors (Lipinski definition) is 2. The van der Waals surface area contributed by atoms with E-state index in [1.807, 2.05) is 42.2 Å². The molecule has 0 spiro atoms. The van der Waals surface area contributed by atoms with Crippen molar-refractivity contribution >= 4 is 5.91 Å². The Morgan fingerprint density at radius 2 is 2.14 bits per heavy atom.